The Bertz CT molecular complexity index is 682. The number of nitrogens with zero attached hydrogens (tertiary/aromatic N) is 2. The fourth-order valence-corrected chi connectivity index (χ4v) is 2.93. The molecule has 2 heterocycles. The zero-order valence-electron chi connectivity index (χ0n) is 12.0. The van der Waals surface area contributed by atoms with E-state index in [1.807, 2.05) is 6.07 Å². The molecule has 0 saturated carbocycles. The molecule has 2 aromatic rings. The molecule has 3 rings (SSSR count). The van der Waals surface area contributed by atoms with Gasteiger partial charge in [-0.25, -0.2) is 9.78 Å². The number of fused-ring (bicyclic) bond motifs is 1. The Morgan fingerprint density at radius 3 is 3.05 bits per heavy atom. The number of anilines is 1. The molecule has 1 aliphatic rings. The van der Waals surface area contributed by atoms with Crippen LogP contribution in [0.15, 0.2) is 36.5 Å². The molecule has 0 fully saturated rings. The third kappa shape index (κ3) is 2.75. The predicted octanol–water partition coefficient (Wildman–Crippen LogP) is 3.04. The third-order valence-electron chi connectivity index (χ3n) is 3.90. The van der Waals surface area contributed by atoms with Gasteiger partial charge in [0.05, 0.1) is 0 Å². The molecule has 0 amide bonds. The first-order valence-electron chi connectivity index (χ1n) is 7.17. The number of benzene rings is 1. The third-order valence-corrected chi connectivity index (χ3v) is 3.90. The summed E-state index contributed by atoms with van der Waals surface area (Å²) in [5.41, 5.74) is 4.74. The summed E-state index contributed by atoms with van der Waals surface area (Å²) < 4.78 is 0. The van der Waals surface area contributed by atoms with E-state index < -0.39 is 5.97 Å². The molecule has 0 atom stereocenters. The second-order valence-electron chi connectivity index (χ2n) is 5.47. The lowest BCUT2D eigenvalue weighted by Crippen LogP contribution is -2.29. The van der Waals surface area contributed by atoms with Crippen molar-refractivity contribution in [3.63, 3.8) is 0 Å². The highest BCUT2D eigenvalue weighted by atomic mass is 16.4. The first-order chi connectivity index (χ1) is 10.1. The molecule has 108 valence electrons. The molecule has 4 nitrogen and oxygen atoms in total. The molecule has 0 radical (unpaired) electrons. The Kier molecular flexibility index (Phi) is 3.60. The summed E-state index contributed by atoms with van der Waals surface area (Å²) >= 11 is 0. The smallest absolute Gasteiger partial charge is 0.354 e. The van der Waals surface area contributed by atoms with Crippen molar-refractivity contribution in [3.05, 3.63) is 58.9 Å². The van der Waals surface area contributed by atoms with Gasteiger partial charge in [0.15, 0.2) is 5.69 Å². The van der Waals surface area contributed by atoms with Crippen molar-refractivity contribution in [2.75, 3.05) is 11.4 Å². The average molecular weight is 282 g/mol. The Hall–Kier alpha value is -2.36. The van der Waals surface area contributed by atoms with Crippen LogP contribution in [-0.2, 0) is 13.0 Å². The van der Waals surface area contributed by atoms with E-state index in [0.29, 0.717) is 6.54 Å². The van der Waals surface area contributed by atoms with Crippen molar-refractivity contribution in [1.29, 1.82) is 0 Å². The second-order valence-corrected chi connectivity index (χ2v) is 5.47. The van der Waals surface area contributed by atoms with Crippen molar-refractivity contribution in [1.82, 2.24) is 4.98 Å². The fraction of sp³-hybridized carbons (Fsp3) is 0.294. The van der Waals surface area contributed by atoms with E-state index in [9.17, 15) is 9.90 Å². The predicted molar refractivity (Wildman–Crippen MR) is 81.7 cm³/mol. The number of hydrogen-bond donors (Lipinski definition) is 1. The quantitative estimate of drug-likeness (QED) is 0.940. The van der Waals surface area contributed by atoms with Gasteiger partial charge in [-0.15, -0.1) is 0 Å². The number of carboxylic acids is 1. The van der Waals surface area contributed by atoms with Gasteiger partial charge in [0.25, 0.3) is 0 Å². The van der Waals surface area contributed by atoms with Gasteiger partial charge in [0, 0.05) is 30.5 Å². The topological polar surface area (TPSA) is 53.4 Å². The Balaban J connectivity index is 1.92. The molecule has 0 spiro atoms. The summed E-state index contributed by atoms with van der Waals surface area (Å²) in [6.45, 7) is 3.64. The number of pyridine rings is 1. The lowest BCUT2D eigenvalue weighted by Gasteiger charge is -2.31. The molecule has 0 unspecified atom stereocenters. The van der Waals surface area contributed by atoms with Gasteiger partial charge in [-0.2, -0.15) is 0 Å². The number of carbonyl (C=O) groups is 1. The first kappa shape index (κ1) is 13.6. The number of rotatable bonds is 3. The van der Waals surface area contributed by atoms with E-state index in [1.165, 1.54) is 23.0 Å². The SMILES string of the molecule is Cc1ccc2c(c1)CCCN2Cc1cccnc1C(=O)O. The first-order valence-corrected chi connectivity index (χ1v) is 7.17. The van der Waals surface area contributed by atoms with E-state index in [2.05, 4.69) is 35.0 Å². The Morgan fingerprint density at radius 1 is 1.38 bits per heavy atom. The number of aromatic nitrogens is 1. The summed E-state index contributed by atoms with van der Waals surface area (Å²) in [5.74, 6) is -0.966. The molecule has 1 aromatic carbocycles. The number of hydrogen-bond acceptors (Lipinski definition) is 3. The Labute approximate surface area is 124 Å². The maximum absolute atomic E-state index is 11.3. The van der Waals surface area contributed by atoms with Crippen molar-refractivity contribution >= 4 is 11.7 Å². The van der Waals surface area contributed by atoms with Crippen LogP contribution in [0.1, 0.15) is 33.6 Å². The van der Waals surface area contributed by atoms with E-state index in [1.54, 1.807) is 6.07 Å². The van der Waals surface area contributed by atoms with Crippen molar-refractivity contribution < 1.29 is 9.90 Å². The van der Waals surface area contributed by atoms with Crippen molar-refractivity contribution in [2.24, 2.45) is 0 Å². The van der Waals surface area contributed by atoms with E-state index in [-0.39, 0.29) is 5.69 Å². The van der Waals surface area contributed by atoms with Crippen LogP contribution in [0.5, 0.6) is 0 Å². The molecule has 0 bridgehead atoms. The maximum atomic E-state index is 11.3. The van der Waals surface area contributed by atoms with Gasteiger partial charge in [-0.05, 0) is 37.5 Å². The normalized spacial score (nSPS) is 13.9. The van der Waals surface area contributed by atoms with Crippen LogP contribution in [0.2, 0.25) is 0 Å². The van der Waals surface area contributed by atoms with E-state index in [0.717, 1.165) is 24.9 Å². The van der Waals surface area contributed by atoms with Crippen LogP contribution in [0.4, 0.5) is 5.69 Å². The molecular formula is C17H18N2O2. The minimum atomic E-state index is -0.966. The minimum Gasteiger partial charge on any atom is -0.477 e. The fourth-order valence-electron chi connectivity index (χ4n) is 2.93. The van der Waals surface area contributed by atoms with Gasteiger partial charge in [-0.1, -0.05) is 23.8 Å². The summed E-state index contributed by atoms with van der Waals surface area (Å²) in [7, 11) is 0. The van der Waals surface area contributed by atoms with Gasteiger partial charge in [0.1, 0.15) is 0 Å². The average Bonchev–Trinajstić information content (AvgIpc) is 2.47. The zero-order valence-corrected chi connectivity index (χ0v) is 12.0. The van der Waals surface area contributed by atoms with Crippen molar-refractivity contribution in [3.8, 4) is 0 Å². The largest absolute Gasteiger partial charge is 0.477 e. The van der Waals surface area contributed by atoms with Gasteiger partial charge in [0.2, 0.25) is 0 Å². The number of carboxylic acid groups (broad SMARTS) is 1. The van der Waals surface area contributed by atoms with Crippen LogP contribution >= 0.6 is 0 Å². The molecule has 21 heavy (non-hydrogen) atoms. The van der Waals surface area contributed by atoms with Crippen LogP contribution in [0, 0.1) is 6.92 Å². The lowest BCUT2D eigenvalue weighted by molar-refractivity contribution is 0.0689. The molecule has 4 heteroatoms. The molecule has 1 N–H and O–H groups in total. The summed E-state index contributed by atoms with van der Waals surface area (Å²) in [6.07, 6.45) is 3.71. The molecule has 1 aromatic heterocycles. The zero-order chi connectivity index (χ0) is 14.8. The van der Waals surface area contributed by atoms with Crippen LogP contribution < -0.4 is 4.90 Å². The maximum Gasteiger partial charge on any atom is 0.354 e. The summed E-state index contributed by atoms with van der Waals surface area (Å²) in [4.78, 5) is 17.5. The molecular weight excluding hydrogens is 264 g/mol. The highest BCUT2D eigenvalue weighted by molar-refractivity contribution is 5.87. The molecule has 0 saturated heterocycles. The number of aromatic carboxylic acids is 1. The standard InChI is InChI=1S/C17H18N2O2/c1-12-6-7-15-13(10-12)5-3-9-19(15)11-14-4-2-8-18-16(14)17(20)21/h2,4,6-8,10H,3,5,9,11H2,1H3,(H,20,21). The highest BCUT2D eigenvalue weighted by Crippen LogP contribution is 2.29. The van der Waals surface area contributed by atoms with Crippen LogP contribution in [0.3, 0.4) is 0 Å². The monoisotopic (exact) mass is 282 g/mol. The van der Waals surface area contributed by atoms with Crippen LogP contribution in [0.25, 0.3) is 0 Å². The second kappa shape index (κ2) is 5.56. The minimum absolute atomic E-state index is 0.150. The van der Waals surface area contributed by atoms with Crippen LogP contribution in [-0.4, -0.2) is 22.6 Å². The molecule has 0 aliphatic carbocycles. The highest BCUT2D eigenvalue weighted by Gasteiger charge is 2.19. The Morgan fingerprint density at radius 2 is 2.24 bits per heavy atom. The summed E-state index contributed by atoms with van der Waals surface area (Å²) in [6, 6.07) is 10.1. The molecule has 1 aliphatic heterocycles. The van der Waals surface area contributed by atoms with E-state index in [4.69, 9.17) is 0 Å². The lowest BCUT2D eigenvalue weighted by atomic mass is 9.99. The van der Waals surface area contributed by atoms with Gasteiger partial charge in [-0.3, -0.25) is 0 Å². The van der Waals surface area contributed by atoms with E-state index >= 15 is 0 Å². The van der Waals surface area contributed by atoms with Gasteiger partial charge < -0.3 is 10.0 Å². The summed E-state index contributed by atoms with van der Waals surface area (Å²) in [5, 5.41) is 9.25. The van der Waals surface area contributed by atoms with Crippen molar-refractivity contribution in [2.45, 2.75) is 26.3 Å². The number of aryl methyl sites for hydroxylation is 2. The van der Waals surface area contributed by atoms with Gasteiger partial charge >= 0.3 is 5.97 Å².